The second kappa shape index (κ2) is 8.29. The number of ether oxygens (including phenoxy) is 1. The second-order valence-electron chi connectivity index (χ2n) is 7.45. The van der Waals surface area contributed by atoms with Crippen molar-refractivity contribution < 1.29 is 14.9 Å². The highest BCUT2D eigenvalue weighted by atomic mass is 16.5. The minimum absolute atomic E-state index is 0.153. The van der Waals surface area contributed by atoms with E-state index in [4.69, 9.17) is 20.6 Å². The summed E-state index contributed by atoms with van der Waals surface area (Å²) in [5.74, 6) is 2.04. The summed E-state index contributed by atoms with van der Waals surface area (Å²) in [6.45, 7) is 7.78. The van der Waals surface area contributed by atoms with E-state index in [9.17, 15) is 5.11 Å². The van der Waals surface area contributed by atoms with Crippen molar-refractivity contribution in [2.24, 2.45) is 0 Å². The van der Waals surface area contributed by atoms with Crippen molar-refractivity contribution in [2.75, 3.05) is 50.0 Å². The first-order valence-electron chi connectivity index (χ1n) is 9.94. The number of fused-ring (bicyclic) bond motifs is 1. The van der Waals surface area contributed by atoms with Gasteiger partial charge in [-0.1, -0.05) is 6.07 Å². The lowest BCUT2D eigenvalue weighted by Gasteiger charge is -2.35. The van der Waals surface area contributed by atoms with E-state index in [-0.39, 0.29) is 18.2 Å². The number of piperazine rings is 1. The summed E-state index contributed by atoms with van der Waals surface area (Å²) >= 11 is 0. The molecule has 1 aliphatic rings. The molecule has 9 nitrogen and oxygen atoms in total. The fourth-order valence-electron chi connectivity index (χ4n) is 3.70. The van der Waals surface area contributed by atoms with Crippen molar-refractivity contribution in [3.8, 4) is 17.4 Å². The molecule has 4 N–H and O–H groups in total. The minimum atomic E-state index is 0.153. The molecule has 0 aliphatic carbocycles. The first-order chi connectivity index (χ1) is 14.5. The van der Waals surface area contributed by atoms with E-state index in [1.807, 2.05) is 13.0 Å². The third-order valence-corrected chi connectivity index (χ3v) is 5.49. The maximum Gasteiger partial charge on any atom is 0.234 e. The van der Waals surface area contributed by atoms with E-state index >= 15 is 0 Å². The molecule has 3 aromatic rings. The third kappa shape index (κ3) is 3.81. The molecule has 4 rings (SSSR count). The number of phenols is 1. The Balaban J connectivity index is 1.75. The SMILES string of the molecule is Cc1ccc(O)c(C)c1Oc1nc(N2CCN(CCO)CC2)cc2ncnc(N)c12. The molecular formula is C21H26N6O3. The first kappa shape index (κ1) is 20.1. The maximum atomic E-state index is 10.1. The summed E-state index contributed by atoms with van der Waals surface area (Å²) in [6.07, 6.45) is 1.43. The van der Waals surface area contributed by atoms with Crippen molar-refractivity contribution in [1.29, 1.82) is 0 Å². The van der Waals surface area contributed by atoms with Gasteiger partial charge in [-0.3, -0.25) is 4.90 Å². The zero-order valence-corrected chi connectivity index (χ0v) is 17.2. The number of hydrogen-bond acceptors (Lipinski definition) is 9. The van der Waals surface area contributed by atoms with Crippen LogP contribution in [-0.4, -0.2) is 69.4 Å². The highest BCUT2D eigenvalue weighted by Gasteiger charge is 2.22. The number of aliphatic hydroxyl groups excluding tert-OH is 1. The highest BCUT2D eigenvalue weighted by molar-refractivity contribution is 5.94. The van der Waals surface area contributed by atoms with Crippen LogP contribution in [0.3, 0.4) is 0 Å². The van der Waals surface area contributed by atoms with Crippen molar-refractivity contribution in [3.05, 3.63) is 35.7 Å². The number of aryl methyl sites for hydroxylation is 1. The molecule has 0 unspecified atom stereocenters. The molecule has 0 bridgehead atoms. The van der Waals surface area contributed by atoms with Crippen LogP contribution in [0.5, 0.6) is 17.4 Å². The van der Waals surface area contributed by atoms with E-state index in [1.54, 1.807) is 19.1 Å². The molecule has 158 valence electrons. The van der Waals surface area contributed by atoms with Gasteiger partial charge in [-0.05, 0) is 25.5 Å². The molecule has 9 heteroatoms. The number of benzene rings is 1. The molecule has 0 spiro atoms. The average molecular weight is 410 g/mol. The van der Waals surface area contributed by atoms with Gasteiger partial charge in [-0.15, -0.1) is 0 Å². The maximum absolute atomic E-state index is 10.1. The van der Waals surface area contributed by atoms with Gasteiger partial charge in [0.1, 0.15) is 34.8 Å². The monoisotopic (exact) mass is 410 g/mol. The normalized spacial score (nSPS) is 15.0. The Morgan fingerprint density at radius 1 is 1.13 bits per heavy atom. The lowest BCUT2D eigenvalue weighted by Crippen LogP contribution is -2.47. The van der Waals surface area contributed by atoms with Gasteiger partial charge < -0.3 is 25.6 Å². The Labute approximate surface area is 174 Å². The van der Waals surface area contributed by atoms with Crippen LogP contribution in [0.15, 0.2) is 24.5 Å². The Bertz CT molecular complexity index is 1070. The first-order valence-corrected chi connectivity index (χ1v) is 9.94. The van der Waals surface area contributed by atoms with Crippen molar-refractivity contribution >= 4 is 22.5 Å². The quantitative estimate of drug-likeness (QED) is 0.578. The molecule has 30 heavy (non-hydrogen) atoms. The fourth-order valence-corrected chi connectivity index (χ4v) is 3.70. The lowest BCUT2D eigenvalue weighted by molar-refractivity contribution is 0.188. The summed E-state index contributed by atoms with van der Waals surface area (Å²) in [5.41, 5.74) is 8.28. The van der Waals surface area contributed by atoms with Crippen LogP contribution < -0.4 is 15.4 Å². The topological polar surface area (TPSA) is 121 Å². The summed E-state index contributed by atoms with van der Waals surface area (Å²) in [7, 11) is 0. The number of hydrogen-bond donors (Lipinski definition) is 3. The Hall–Kier alpha value is -3.17. The highest BCUT2D eigenvalue weighted by Crippen LogP contribution is 2.38. The van der Waals surface area contributed by atoms with E-state index in [0.717, 1.165) is 37.6 Å². The van der Waals surface area contributed by atoms with Crippen LogP contribution in [0.1, 0.15) is 11.1 Å². The smallest absolute Gasteiger partial charge is 0.234 e. The number of pyridine rings is 1. The molecule has 1 fully saturated rings. The molecule has 0 saturated carbocycles. The van der Waals surface area contributed by atoms with E-state index < -0.39 is 0 Å². The predicted molar refractivity (Wildman–Crippen MR) is 115 cm³/mol. The number of rotatable bonds is 5. The number of aliphatic hydroxyl groups is 1. The molecule has 1 aromatic carbocycles. The molecule has 0 radical (unpaired) electrons. The van der Waals surface area contributed by atoms with Crippen LogP contribution in [0, 0.1) is 13.8 Å². The lowest BCUT2D eigenvalue weighted by atomic mass is 10.1. The molecular weight excluding hydrogens is 384 g/mol. The minimum Gasteiger partial charge on any atom is -0.508 e. The summed E-state index contributed by atoms with van der Waals surface area (Å²) in [6, 6.07) is 5.33. The predicted octanol–water partition coefficient (Wildman–Crippen LogP) is 1.84. The molecule has 1 saturated heterocycles. The Kier molecular flexibility index (Phi) is 5.56. The standard InChI is InChI=1S/C21H26N6O3/c1-13-3-4-16(29)14(2)19(13)30-21-18-15(23-12-24-20(18)22)11-17(25-21)27-7-5-26(6-8-27)9-10-28/h3-4,11-12,28-29H,5-10H2,1-2H3,(H2,22,23,24). The Morgan fingerprint density at radius 3 is 2.63 bits per heavy atom. The number of nitrogens with two attached hydrogens (primary N) is 1. The second-order valence-corrected chi connectivity index (χ2v) is 7.45. The van der Waals surface area contributed by atoms with Crippen LogP contribution in [0.4, 0.5) is 11.6 Å². The largest absolute Gasteiger partial charge is 0.508 e. The van der Waals surface area contributed by atoms with E-state index in [1.165, 1.54) is 6.33 Å². The summed E-state index contributed by atoms with van der Waals surface area (Å²) < 4.78 is 6.20. The molecule has 3 heterocycles. The summed E-state index contributed by atoms with van der Waals surface area (Å²) in [4.78, 5) is 17.6. The fraction of sp³-hybridized carbons (Fsp3) is 0.381. The van der Waals surface area contributed by atoms with Crippen LogP contribution >= 0.6 is 0 Å². The van der Waals surface area contributed by atoms with Gasteiger partial charge in [0.2, 0.25) is 5.88 Å². The van der Waals surface area contributed by atoms with Gasteiger partial charge in [0.25, 0.3) is 0 Å². The van der Waals surface area contributed by atoms with Crippen LogP contribution in [0.2, 0.25) is 0 Å². The number of anilines is 2. The van der Waals surface area contributed by atoms with Gasteiger partial charge in [-0.25, -0.2) is 9.97 Å². The van der Waals surface area contributed by atoms with Crippen molar-refractivity contribution in [1.82, 2.24) is 19.9 Å². The van der Waals surface area contributed by atoms with Gasteiger partial charge in [0.15, 0.2) is 0 Å². The number of aromatic hydroxyl groups is 1. The van der Waals surface area contributed by atoms with Crippen LogP contribution in [0.25, 0.3) is 10.9 Å². The molecule has 0 amide bonds. The Morgan fingerprint density at radius 2 is 1.90 bits per heavy atom. The van der Waals surface area contributed by atoms with E-state index in [2.05, 4.69) is 19.8 Å². The van der Waals surface area contributed by atoms with Gasteiger partial charge in [0, 0.05) is 44.4 Å². The summed E-state index contributed by atoms with van der Waals surface area (Å²) in [5, 5.41) is 19.8. The number of phenolic OH excluding ortho intramolecular Hbond substituents is 1. The van der Waals surface area contributed by atoms with Gasteiger partial charge in [-0.2, -0.15) is 4.98 Å². The van der Waals surface area contributed by atoms with Crippen molar-refractivity contribution in [3.63, 3.8) is 0 Å². The van der Waals surface area contributed by atoms with Gasteiger partial charge >= 0.3 is 0 Å². The number of nitrogens with zero attached hydrogens (tertiary/aromatic N) is 5. The van der Waals surface area contributed by atoms with Crippen LogP contribution in [-0.2, 0) is 0 Å². The molecule has 0 atom stereocenters. The number of β-amino-alcohol motifs (C(OH)–C–C–N with tert-alkyl or cyclic N) is 1. The number of nitrogen functional groups attached to an aromatic ring is 1. The molecule has 2 aromatic heterocycles. The molecule has 1 aliphatic heterocycles. The number of aromatic nitrogens is 3. The third-order valence-electron chi connectivity index (χ3n) is 5.49. The van der Waals surface area contributed by atoms with Crippen molar-refractivity contribution in [2.45, 2.75) is 13.8 Å². The average Bonchev–Trinajstić information content (AvgIpc) is 2.74. The van der Waals surface area contributed by atoms with Gasteiger partial charge in [0.05, 0.1) is 12.1 Å². The zero-order chi connectivity index (χ0) is 21.3. The van der Waals surface area contributed by atoms with E-state index in [0.29, 0.717) is 34.6 Å². The zero-order valence-electron chi connectivity index (χ0n) is 17.2.